The summed E-state index contributed by atoms with van der Waals surface area (Å²) in [5.41, 5.74) is 9.53. The molecule has 0 saturated carbocycles. The van der Waals surface area contributed by atoms with Gasteiger partial charge in [-0.15, -0.1) is 10.2 Å². The minimum absolute atomic E-state index is 0.0165. The number of nitrogens with zero attached hydrogens (tertiary/aromatic N) is 3. The minimum atomic E-state index is -0.283. The predicted molar refractivity (Wildman–Crippen MR) is 96.9 cm³/mol. The fourth-order valence-electron chi connectivity index (χ4n) is 2.22. The Morgan fingerprint density at radius 2 is 2.00 bits per heavy atom. The highest BCUT2D eigenvalue weighted by molar-refractivity contribution is 8.01. The molecule has 2 N–H and O–H groups in total. The Bertz CT molecular complexity index is 809. The van der Waals surface area contributed by atoms with Crippen molar-refractivity contribution in [2.75, 3.05) is 5.75 Å². The Labute approximate surface area is 149 Å². The van der Waals surface area contributed by atoms with Crippen molar-refractivity contribution in [2.24, 2.45) is 5.73 Å². The normalized spacial score (nSPS) is 11.8. The molecule has 24 heavy (non-hydrogen) atoms. The molecule has 0 aliphatic carbocycles. The van der Waals surface area contributed by atoms with Crippen LogP contribution in [-0.2, 0) is 11.2 Å². The van der Waals surface area contributed by atoms with E-state index in [1.807, 2.05) is 12.1 Å². The zero-order chi connectivity index (χ0) is 17.7. The van der Waals surface area contributed by atoms with E-state index < -0.39 is 0 Å². The van der Waals surface area contributed by atoms with Gasteiger partial charge in [0.25, 0.3) is 0 Å². The van der Waals surface area contributed by atoms with Gasteiger partial charge < -0.3 is 5.73 Å². The van der Waals surface area contributed by atoms with Crippen LogP contribution < -0.4 is 5.73 Å². The fourth-order valence-corrected chi connectivity index (χ4v) is 4.00. The number of hydrogen-bond acceptors (Lipinski definition) is 7. The standard InChI is InChI=1S/C17H18N4OS2/c1-10-5-4-6-11(2)13(10)7-16-20-21-17(24-16)23-9-15(22)14(8-18)12(3)19/h4-6H,7,9,19H2,1-3H3/b14-12-. The summed E-state index contributed by atoms with van der Waals surface area (Å²) in [5.74, 6) is -0.149. The van der Waals surface area contributed by atoms with Crippen LogP contribution >= 0.6 is 23.1 Å². The maximum Gasteiger partial charge on any atom is 0.185 e. The van der Waals surface area contributed by atoms with E-state index in [0.717, 1.165) is 15.8 Å². The first kappa shape index (κ1) is 18.2. The summed E-state index contributed by atoms with van der Waals surface area (Å²) in [6, 6.07) is 8.06. The maximum atomic E-state index is 12.0. The number of hydrogen-bond donors (Lipinski definition) is 1. The molecule has 0 saturated heterocycles. The van der Waals surface area contributed by atoms with E-state index in [1.54, 1.807) is 6.92 Å². The smallest absolute Gasteiger partial charge is 0.185 e. The van der Waals surface area contributed by atoms with Crippen LogP contribution in [-0.4, -0.2) is 21.7 Å². The van der Waals surface area contributed by atoms with Crippen molar-refractivity contribution >= 4 is 28.9 Å². The molecule has 0 unspecified atom stereocenters. The first-order chi connectivity index (χ1) is 11.4. The van der Waals surface area contributed by atoms with Gasteiger partial charge in [0.05, 0.1) is 5.75 Å². The largest absolute Gasteiger partial charge is 0.401 e. The van der Waals surface area contributed by atoms with E-state index in [1.165, 1.54) is 39.8 Å². The van der Waals surface area contributed by atoms with Crippen LogP contribution in [0, 0.1) is 25.2 Å². The average molecular weight is 358 g/mol. The summed E-state index contributed by atoms with van der Waals surface area (Å²) in [6.45, 7) is 5.72. The fraction of sp³-hybridized carbons (Fsp3) is 0.294. The monoisotopic (exact) mass is 358 g/mol. The van der Waals surface area contributed by atoms with Crippen LogP contribution in [0.1, 0.15) is 28.6 Å². The molecule has 1 heterocycles. The lowest BCUT2D eigenvalue weighted by molar-refractivity contribution is -0.112. The zero-order valence-corrected chi connectivity index (χ0v) is 15.4. The summed E-state index contributed by atoms with van der Waals surface area (Å²) in [7, 11) is 0. The topological polar surface area (TPSA) is 92.7 Å². The third kappa shape index (κ3) is 4.43. The summed E-state index contributed by atoms with van der Waals surface area (Å²) in [4.78, 5) is 12.0. The molecule has 0 radical (unpaired) electrons. The van der Waals surface area contributed by atoms with Gasteiger partial charge in [-0.3, -0.25) is 4.79 Å². The number of nitrogens with two attached hydrogens (primary N) is 1. The van der Waals surface area contributed by atoms with Crippen LogP contribution in [0.25, 0.3) is 0 Å². The third-order valence-corrected chi connectivity index (χ3v) is 5.59. The van der Waals surface area contributed by atoms with Gasteiger partial charge in [-0.25, -0.2) is 0 Å². The molecule has 5 nitrogen and oxygen atoms in total. The SMILES string of the molecule is C/C(N)=C(\C#N)C(=O)CSc1nnc(Cc2c(C)cccc2C)s1. The van der Waals surface area contributed by atoms with E-state index in [9.17, 15) is 4.79 Å². The number of ketones is 1. The number of nitriles is 1. The summed E-state index contributed by atoms with van der Waals surface area (Å²) in [5, 5.41) is 18.2. The first-order valence-corrected chi connectivity index (χ1v) is 9.12. The lowest BCUT2D eigenvalue weighted by Gasteiger charge is -2.06. The van der Waals surface area contributed by atoms with E-state index >= 15 is 0 Å². The molecular weight excluding hydrogens is 340 g/mol. The van der Waals surface area contributed by atoms with Gasteiger partial charge in [0.1, 0.15) is 16.6 Å². The van der Waals surface area contributed by atoms with E-state index in [2.05, 4.69) is 36.2 Å². The van der Waals surface area contributed by atoms with Crippen LogP contribution in [0.2, 0.25) is 0 Å². The van der Waals surface area contributed by atoms with Crippen molar-refractivity contribution in [3.05, 3.63) is 51.2 Å². The molecule has 0 aliphatic rings. The highest BCUT2D eigenvalue weighted by atomic mass is 32.2. The molecular formula is C17H18N4OS2. The van der Waals surface area contributed by atoms with Gasteiger partial charge in [0.15, 0.2) is 10.1 Å². The zero-order valence-electron chi connectivity index (χ0n) is 13.8. The molecule has 124 valence electrons. The Morgan fingerprint density at radius 1 is 1.33 bits per heavy atom. The number of allylic oxidation sites excluding steroid dienone is 2. The second-order valence-electron chi connectivity index (χ2n) is 5.39. The van der Waals surface area contributed by atoms with E-state index in [-0.39, 0.29) is 22.8 Å². The average Bonchev–Trinajstić information content (AvgIpc) is 2.97. The lowest BCUT2D eigenvalue weighted by atomic mass is 10.0. The summed E-state index contributed by atoms with van der Waals surface area (Å²) >= 11 is 2.76. The van der Waals surface area contributed by atoms with E-state index in [0.29, 0.717) is 0 Å². The number of aromatic nitrogens is 2. The predicted octanol–water partition coefficient (Wildman–Crippen LogP) is 3.16. The van der Waals surface area contributed by atoms with Gasteiger partial charge in [-0.2, -0.15) is 5.26 Å². The molecule has 0 atom stereocenters. The quantitative estimate of drug-likeness (QED) is 0.484. The van der Waals surface area contributed by atoms with Gasteiger partial charge in [-0.1, -0.05) is 41.3 Å². The van der Waals surface area contributed by atoms with Gasteiger partial charge >= 0.3 is 0 Å². The molecule has 0 aliphatic heterocycles. The Hall–Kier alpha value is -2.17. The second kappa shape index (κ2) is 8.08. The number of aryl methyl sites for hydroxylation is 2. The molecule has 0 amide bonds. The number of thioether (sulfide) groups is 1. The van der Waals surface area contributed by atoms with Crippen LogP contribution in [0.5, 0.6) is 0 Å². The second-order valence-corrected chi connectivity index (χ2v) is 7.68. The van der Waals surface area contributed by atoms with Crippen molar-refractivity contribution in [3.63, 3.8) is 0 Å². The molecule has 2 aromatic rings. The molecule has 0 spiro atoms. The van der Waals surface area contributed by atoms with Crippen molar-refractivity contribution < 1.29 is 4.79 Å². The molecule has 1 aromatic heterocycles. The van der Waals surface area contributed by atoms with Crippen molar-refractivity contribution in [3.8, 4) is 6.07 Å². The Morgan fingerprint density at radius 3 is 2.58 bits per heavy atom. The number of benzene rings is 1. The highest BCUT2D eigenvalue weighted by Crippen LogP contribution is 2.26. The molecule has 0 fully saturated rings. The summed E-state index contributed by atoms with van der Waals surface area (Å²) < 4.78 is 0.719. The van der Waals surface area contributed by atoms with E-state index in [4.69, 9.17) is 11.0 Å². The van der Waals surface area contributed by atoms with Gasteiger partial charge in [-0.05, 0) is 37.5 Å². The number of carbonyl (C=O) groups excluding carboxylic acids is 1. The Balaban J connectivity index is 2.03. The van der Waals surface area contributed by atoms with Crippen LogP contribution in [0.15, 0.2) is 33.8 Å². The lowest BCUT2D eigenvalue weighted by Crippen LogP contribution is -2.10. The van der Waals surface area contributed by atoms with Gasteiger partial charge in [0.2, 0.25) is 0 Å². The van der Waals surface area contributed by atoms with Crippen molar-refractivity contribution in [1.82, 2.24) is 10.2 Å². The van der Waals surface area contributed by atoms with Crippen molar-refractivity contribution in [1.29, 1.82) is 5.26 Å². The van der Waals surface area contributed by atoms with Gasteiger partial charge in [0, 0.05) is 12.1 Å². The molecule has 1 aromatic carbocycles. The minimum Gasteiger partial charge on any atom is -0.401 e. The molecule has 7 heteroatoms. The molecule has 2 rings (SSSR count). The van der Waals surface area contributed by atoms with Crippen LogP contribution in [0.4, 0.5) is 0 Å². The van der Waals surface area contributed by atoms with Crippen LogP contribution in [0.3, 0.4) is 0 Å². The third-order valence-electron chi connectivity index (χ3n) is 3.53. The number of carbonyl (C=O) groups is 1. The van der Waals surface area contributed by atoms with Crippen molar-refractivity contribution in [2.45, 2.75) is 31.5 Å². The highest BCUT2D eigenvalue weighted by Gasteiger charge is 2.14. The summed E-state index contributed by atoms with van der Waals surface area (Å²) in [6.07, 6.45) is 0.732. The first-order valence-electron chi connectivity index (χ1n) is 7.32. The number of rotatable bonds is 6. The maximum absolute atomic E-state index is 12.0. The Kier molecular flexibility index (Phi) is 6.12. The molecule has 0 bridgehead atoms. The number of Topliss-reactive ketones (excluding diaryl/α,β-unsaturated/α-hetero) is 1.